The van der Waals surface area contributed by atoms with Crippen LogP contribution in [0.5, 0.6) is 5.75 Å². The predicted molar refractivity (Wildman–Crippen MR) is 91.9 cm³/mol. The van der Waals surface area contributed by atoms with Gasteiger partial charge in [0.2, 0.25) is 0 Å². The number of amides is 1. The molecule has 0 fully saturated rings. The third-order valence-electron chi connectivity index (χ3n) is 2.45. The summed E-state index contributed by atoms with van der Waals surface area (Å²) in [6.07, 6.45) is 3.13. The van der Waals surface area contributed by atoms with E-state index in [-0.39, 0.29) is 0 Å². The van der Waals surface area contributed by atoms with Gasteiger partial charge in [0, 0.05) is 18.2 Å². The van der Waals surface area contributed by atoms with Gasteiger partial charge in [0.05, 0.1) is 0 Å². The fraction of sp³-hybridized carbons (Fsp3) is 0.421. The largest absolute Gasteiger partial charge is 0.463 e. The van der Waals surface area contributed by atoms with Crippen LogP contribution in [0.15, 0.2) is 36.7 Å². The van der Waals surface area contributed by atoms with E-state index in [0.29, 0.717) is 11.7 Å². The van der Waals surface area contributed by atoms with E-state index in [2.05, 4.69) is 31.0 Å². The molecule has 0 aromatic heterocycles. The summed E-state index contributed by atoms with van der Waals surface area (Å²) >= 11 is 0. The standard InChI is InChI=1S/C19H25NO3/c1-15(2)8-6-9-16-10-7-11-17(14-16)22-13-12-20-18(21)23-19(3,4)5/h7,10-15H,8H2,1-5H3,(H,20,21)/b13-12+. The molecule has 124 valence electrons. The summed E-state index contributed by atoms with van der Waals surface area (Å²) in [6, 6.07) is 7.49. The Morgan fingerprint density at radius 1 is 1.35 bits per heavy atom. The number of nitrogens with one attached hydrogen (secondary N) is 1. The van der Waals surface area contributed by atoms with Crippen molar-refractivity contribution in [1.82, 2.24) is 5.32 Å². The van der Waals surface area contributed by atoms with Crippen molar-refractivity contribution in [3.8, 4) is 17.6 Å². The molecular formula is C19H25NO3. The average Bonchev–Trinajstić information content (AvgIpc) is 2.42. The molecule has 0 radical (unpaired) electrons. The first-order valence-electron chi connectivity index (χ1n) is 7.66. The van der Waals surface area contributed by atoms with Crippen molar-refractivity contribution in [2.24, 2.45) is 5.92 Å². The summed E-state index contributed by atoms with van der Waals surface area (Å²) < 4.78 is 10.5. The number of hydrogen-bond acceptors (Lipinski definition) is 3. The van der Waals surface area contributed by atoms with Gasteiger partial charge in [0.15, 0.2) is 0 Å². The summed E-state index contributed by atoms with van der Waals surface area (Å²) in [5.74, 6) is 7.46. The minimum absolute atomic E-state index is 0.523. The van der Waals surface area contributed by atoms with Crippen molar-refractivity contribution in [2.75, 3.05) is 0 Å². The van der Waals surface area contributed by atoms with Gasteiger partial charge < -0.3 is 9.47 Å². The molecule has 0 saturated carbocycles. The molecule has 1 aromatic carbocycles. The molecule has 1 amide bonds. The van der Waals surface area contributed by atoms with Crippen molar-refractivity contribution in [2.45, 2.75) is 46.6 Å². The molecule has 0 heterocycles. The number of carbonyl (C=O) groups is 1. The van der Waals surface area contributed by atoms with Gasteiger partial charge >= 0.3 is 6.09 Å². The predicted octanol–water partition coefficient (Wildman–Crippen LogP) is 4.46. The zero-order chi connectivity index (χ0) is 17.3. The monoisotopic (exact) mass is 315 g/mol. The summed E-state index contributed by atoms with van der Waals surface area (Å²) in [6.45, 7) is 9.68. The Balaban J connectivity index is 2.50. The Morgan fingerprint density at radius 2 is 2.09 bits per heavy atom. The van der Waals surface area contributed by atoms with Gasteiger partial charge in [-0.2, -0.15) is 0 Å². The molecule has 1 rings (SSSR count). The van der Waals surface area contributed by atoms with Crippen molar-refractivity contribution in [3.05, 3.63) is 42.3 Å². The highest BCUT2D eigenvalue weighted by Gasteiger charge is 2.14. The van der Waals surface area contributed by atoms with Crippen LogP contribution in [0.1, 0.15) is 46.6 Å². The quantitative estimate of drug-likeness (QED) is 0.659. The van der Waals surface area contributed by atoms with Gasteiger partial charge in [0.25, 0.3) is 0 Å². The Morgan fingerprint density at radius 3 is 2.74 bits per heavy atom. The second-order valence-corrected chi connectivity index (χ2v) is 6.49. The molecule has 4 nitrogen and oxygen atoms in total. The molecule has 0 atom stereocenters. The van der Waals surface area contributed by atoms with Crippen LogP contribution < -0.4 is 10.1 Å². The van der Waals surface area contributed by atoms with E-state index in [4.69, 9.17) is 9.47 Å². The van der Waals surface area contributed by atoms with Gasteiger partial charge in [-0.25, -0.2) is 4.79 Å². The average molecular weight is 315 g/mol. The molecule has 1 N–H and O–H groups in total. The number of alkyl carbamates (subject to hydrolysis) is 1. The topological polar surface area (TPSA) is 47.6 Å². The molecule has 0 aliphatic rings. The highest BCUT2D eigenvalue weighted by atomic mass is 16.6. The summed E-state index contributed by atoms with van der Waals surface area (Å²) in [4.78, 5) is 11.4. The van der Waals surface area contributed by atoms with Gasteiger partial charge in [-0.05, 0) is 44.9 Å². The minimum Gasteiger partial charge on any atom is -0.463 e. The molecular weight excluding hydrogens is 290 g/mol. The lowest BCUT2D eigenvalue weighted by atomic mass is 10.1. The summed E-state index contributed by atoms with van der Waals surface area (Å²) in [7, 11) is 0. The Labute approximate surface area is 138 Å². The molecule has 1 aromatic rings. The molecule has 0 unspecified atom stereocenters. The summed E-state index contributed by atoms with van der Waals surface area (Å²) in [5.41, 5.74) is 0.374. The first-order chi connectivity index (χ1) is 10.8. The van der Waals surface area contributed by atoms with E-state index < -0.39 is 11.7 Å². The van der Waals surface area contributed by atoms with Gasteiger partial charge in [-0.15, -0.1) is 0 Å². The Hall–Kier alpha value is -2.41. The third-order valence-corrected chi connectivity index (χ3v) is 2.45. The maximum absolute atomic E-state index is 11.4. The van der Waals surface area contributed by atoms with Crippen LogP contribution in [0.3, 0.4) is 0 Å². The highest BCUT2D eigenvalue weighted by molar-refractivity contribution is 5.68. The van der Waals surface area contributed by atoms with Crippen LogP contribution in [-0.2, 0) is 4.74 Å². The fourth-order valence-corrected chi connectivity index (χ4v) is 1.53. The van der Waals surface area contributed by atoms with Crippen molar-refractivity contribution < 1.29 is 14.3 Å². The van der Waals surface area contributed by atoms with E-state index in [9.17, 15) is 4.79 Å². The molecule has 0 bridgehead atoms. The normalized spacial score (nSPS) is 11.0. The molecule has 4 heteroatoms. The van der Waals surface area contributed by atoms with E-state index in [1.54, 1.807) is 20.8 Å². The van der Waals surface area contributed by atoms with Crippen LogP contribution in [-0.4, -0.2) is 11.7 Å². The van der Waals surface area contributed by atoms with Gasteiger partial charge in [-0.3, -0.25) is 5.32 Å². The maximum Gasteiger partial charge on any atom is 0.411 e. The van der Waals surface area contributed by atoms with Crippen molar-refractivity contribution in [3.63, 3.8) is 0 Å². The van der Waals surface area contributed by atoms with Crippen molar-refractivity contribution in [1.29, 1.82) is 0 Å². The first kappa shape index (κ1) is 18.6. The molecule has 23 heavy (non-hydrogen) atoms. The van der Waals surface area contributed by atoms with Crippen LogP contribution in [0.25, 0.3) is 0 Å². The van der Waals surface area contributed by atoms with Crippen LogP contribution in [0.4, 0.5) is 4.79 Å². The SMILES string of the molecule is CC(C)CC#Cc1cccc(O/C=C/NC(=O)OC(C)(C)C)c1. The fourth-order valence-electron chi connectivity index (χ4n) is 1.53. The maximum atomic E-state index is 11.4. The molecule has 0 aliphatic heterocycles. The molecule has 0 spiro atoms. The highest BCUT2D eigenvalue weighted by Crippen LogP contribution is 2.13. The van der Waals surface area contributed by atoms with E-state index in [0.717, 1.165) is 12.0 Å². The number of ether oxygens (including phenoxy) is 2. The van der Waals surface area contributed by atoms with E-state index in [1.807, 2.05) is 24.3 Å². The number of benzene rings is 1. The van der Waals surface area contributed by atoms with Gasteiger partial charge in [-0.1, -0.05) is 31.8 Å². The molecule has 0 saturated heterocycles. The Kier molecular flexibility index (Phi) is 7.21. The minimum atomic E-state index is -0.526. The zero-order valence-corrected chi connectivity index (χ0v) is 14.5. The second kappa shape index (κ2) is 8.89. The lowest BCUT2D eigenvalue weighted by Crippen LogP contribution is -2.29. The Bertz CT molecular complexity index is 601. The van der Waals surface area contributed by atoms with E-state index >= 15 is 0 Å². The van der Waals surface area contributed by atoms with Crippen LogP contribution in [0.2, 0.25) is 0 Å². The molecule has 0 aliphatic carbocycles. The van der Waals surface area contributed by atoms with E-state index in [1.165, 1.54) is 12.5 Å². The third kappa shape index (κ3) is 9.26. The van der Waals surface area contributed by atoms with Crippen LogP contribution in [0, 0.1) is 17.8 Å². The second-order valence-electron chi connectivity index (χ2n) is 6.49. The number of rotatable bonds is 4. The number of carbonyl (C=O) groups excluding carboxylic acids is 1. The zero-order valence-electron chi connectivity index (χ0n) is 14.5. The lowest BCUT2D eigenvalue weighted by Gasteiger charge is -2.18. The number of hydrogen-bond donors (Lipinski definition) is 1. The first-order valence-corrected chi connectivity index (χ1v) is 7.66. The van der Waals surface area contributed by atoms with Crippen LogP contribution >= 0.6 is 0 Å². The smallest absolute Gasteiger partial charge is 0.411 e. The van der Waals surface area contributed by atoms with Crippen molar-refractivity contribution >= 4 is 6.09 Å². The summed E-state index contributed by atoms with van der Waals surface area (Å²) in [5, 5.41) is 2.48. The van der Waals surface area contributed by atoms with Gasteiger partial charge in [0.1, 0.15) is 17.6 Å². The lowest BCUT2D eigenvalue weighted by molar-refractivity contribution is 0.0551.